The predicted molar refractivity (Wildman–Crippen MR) is 596 cm³/mol. The van der Waals surface area contributed by atoms with E-state index in [1.54, 1.807) is 114 Å². The summed E-state index contributed by atoms with van der Waals surface area (Å²) in [6.45, 7) is 2.31. The van der Waals surface area contributed by atoms with Crippen LogP contribution in [0.15, 0.2) is 200 Å². The molecule has 144 heavy (non-hydrogen) atoms. The van der Waals surface area contributed by atoms with Gasteiger partial charge in [-0.1, -0.05) is 177 Å². The van der Waals surface area contributed by atoms with Crippen molar-refractivity contribution >= 4 is 202 Å². The van der Waals surface area contributed by atoms with Gasteiger partial charge in [0.25, 0.3) is 0 Å². The summed E-state index contributed by atoms with van der Waals surface area (Å²) in [4.78, 5) is 0. The molecule has 0 aromatic heterocycles. The average Bonchev–Trinajstić information content (AvgIpc) is 0.641. The van der Waals surface area contributed by atoms with Crippen molar-refractivity contribution in [3.63, 3.8) is 0 Å². The monoisotopic (exact) mass is 1910 g/mol. The smallest absolute Gasteiger partial charge is 0.126 e. The van der Waals surface area contributed by atoms with Crippen LogP contribution in [0, 0.1) is 0 Å². The molecule has 0 N–H and O–H groups in total. The van der Waals surface area contributed by atoms with Crippen LogP contribution in [0.5, 0.6) is 92.0 Å². The lowest BCUT2D eigenvalue weighted by molar-refractivity contribution is 0.397. The zero-order valence-corrected chi connectivity index (χ0v) is 84.4. The van der Waals surface area contributed by atoms with E-state index in [4.69, 9.17) is 75.8 Å². The molecule has 722 valence electrons. The number of fused-ring (bicyclic) bond motifs is 6. The maximum Gasteiger partial charge on any atom is 0.126 e. The molecule has 0 heterocycles. The fourth-order valence-corrected chi connectivity index (χ4v) is 22.5. The molecule has 21 aromatic rings. The molecule has 0 radical (unpaired) electrons. The van der Waals surface area contributed by atoms with Crippen LogP contribution in [0.4, 0.5) is 0 Å². The molecule has 0 unspecified atom stereocenters. The summed E-state index contributed by atoms with van der Waals surface area (Å²) in [7, 11) is 26.9. The van der Waals surface area contributed by atoms with E-state index in [0.717, 1.165) is 170 Å². The Balaban J connectivity index is 0.594. The van der Waals surface area contributed by atoms with E-state index in [0.29, 0.717) is 57.5 Å². The number of hydrogen-bond acceptors (Lipinski definition) is 16. The summed E-state index contributed by atoms with van der Waals surface area (Å²) in [6, 6.07) is 72.3. The van der Waals surface area contributed by atoms with Crippen LogP contribution < -0.4 is 75.8 Å². The van der Waals surface area contributed by atoms with Gasteiger partial charge in [0.1, 0.15) is 92.0 Å². The highest BCUT2D eigenvalue weighted by Gasteiger charge is 2.33. The van der Waals surface area contributed by atoms with Gasteiger partial charge >= 0.3 is 0 Å². The minimum absolute atomic E-state index is 0.650. The number of methoxy groups -OCH3 is 16. The number of benzene rings is 21. The van der Waals surface area contributed by atoms with Crippen LogP contribution in [0.25, 0.3) is 202 Å². The van der Waals surface area contributed by atoms with Gasteiger partial charge in [-0.15, -0.1) is 0 Å². The SMILES string of the molecule is CCCCc1cc2c3cccc4c5cc(CCCc6cc(OC)c(/C=C/c7cc(OC)c(/C=C/c8cc(OC)c(/C=C/c9cc(OC)ccc9OC)cc8OC)cc7OC)cc6OC)cc6c7cccc8c9cc(CCCc%10cc(OC)c(/C=C/c%11cc(OC)c(/C=C/c%12cc(OC)c(/C=C/c%13cc(OC)ccc%13OC)cc%12OC)cc%11OC)cc%10OC)cc%10c%11cccc%12c(c1)c2c1c(c34)c(c56)c(c78)c(c%109)c1c%12%11. The van der Waals surface area contributed by atoms with Gasteiger partial charge in [0.15, 0.2) is 0 Å². The Kier molecular flexibility index (Phi) is 25.8. The summed E-state index contributed by atoms with van der Waals surface area (Å²) in [5.41, 5.74) is 16.0. The Morgan fingerprint density at radius 2 is 0.347 bits per heavy atom. The summed E-state index contributed by atoms with van der Waals surface area (Å²) >= 11 is 0. The molecule has 0 aliphatic heterocycles. The van der Waals surface area contributed by atoms with Gasteiger partial charge in [-0.3, -0.25) is 0 Å². The maximum atomic E-state index is 6.32. The molecule has 0 aliphatic carbocycles. The van der Waals surface area contributed by atoms with Crippen molar-refractivity contribution in [1.82, 2.24) is 0 Å². The first-order valence-electron chi connectivity index (χ1n) is 48.8. The molecule has 0 amide bonds. The van der Waals surface area contributed by atoms with Crippen molar-refractivity contribution in [2.24, 2.45) is 0 Å². The Morgan fingerprint density at radius 1 is 0.160 bits per heavy atom. The van der Waals surface area contributed by atoms with Crippen molar-refractivity contribution in [2.45, 2.75) is 64.7 Å². The summed E-state index contributed by atoms with van der Waals surface area (Å²) in [5, 5.41) is 32.1. The third kappa shape index (κ3) is 16.3. The first-order valence-corrected chi connectivity index (χ1v) is 48.8. The molecule has 0 spiro atoms. The second kappa shape index (κ2) is 39.6. The second-order valence-electron chi connectivity index (χ2n) is 36.8. The molecule has 21 aromatic carbocycles. The molecule has 0 bridgehead atoms. The number of ether oxygens (including phenoxy) is 16. The van der Waals surface area contributed by atoms with Crippen molar-refractivity contribution in [3.8, 4) is 92.0 Å². The minimum atomic E-state index is 0.650. The molecule has 16 nitrogen and oxygen atoms in total. The van der Waals surface area contributed by atoms with Crippen LogP contribution in [0.1, 0.15) is 127 Å². The lowest BCUT2D eigenvalue weighted by Crippen LogP contribution is -2.02. The quantitative estimate of drug-likeness (QED) is 0.0204. The fourth-order valence-electron chi connectivity index (χ4n) is 22.5. The molecular weight excluding hydrogens is 1790 g/mol. The molecular formula is C128H114O16. The number of rotatable bonds is 39. The summed E-state index contributed by atoms with van der Waals surface area (Å²) in [6.07, 6.45) is 32.0. The van der Waals surface area contributed by atoms with E-state index in [-0.39, 0.29) is 0 Å². The van der Waals surface area contributed by atoms with Gasteiger partial charge < -0.3 is 75.8 Å². The molecule has 0 fully saturated rings. The third-order valence-corrected chi connectivity index (χ3v) is 29.3. The van der Waals surface area contributed by atoms with Crippen LogP contribution in [-0.4, -0.2) is 114 Å². The van der Waals surface area contributed by atoms with E-state index in [9.17, 15) is 0 Å². The Hall–Kier alpha value is -16.5. The van der Waals surface area contributed by atoms with Gasteiger partial charge in [-0.2, -0.15) is 0 Å². The third-order valence-electron chi connectivity index (χ3n) is 29.3. The molecule has 21 rings (SSSR count). The molecule has 0 atom stereocenters. The van der Waals surface area contributed by atoms with E-state index in [1.165, 1.54) is 146 Å². The van der Waals surface area contributed by atoms with Gasteiger partial charge in [0.2, 0.25) is 0 Å². The Bertz CT molecular complexity index is 8220. The standard InChI is InChI=1S/C128H114O16/c1-18-19-25-72-52-97-91-30-22-32-93-99-54-73(26-20-28-75-60-107(135-8)81(62-105(75)133-6)40-42-83-68-115(143-16)87(70-113(83)141-14)46-44-85-66-109(137-10)79(64-111(85)139-12)38-36-77-58-89(129-2)48-50-103(77)131-4)56-101-95-34-24-35-96-102-57-74(55-100-94-33-23-31-92-98(53-72)120(97)126-123(117(91)93)127(121(99)101)125(119(95)96)128(122(100)102)124(126)118(92)94)27-21-29-76-61-108(136-9)82(63-106(76)134-7)41-43-84-69-116(144-17)88(71-114(84)142-15)47-45-86-67-110(138-11)80(65-112(86)140-13)39-37-78-59-90(130-3)49-51-104(78)132-5/h22-24,30-71H,18-21,25-29H2,1-17H3/b38-36+,39-37+,42-40+,43-41+,46-44+,47-45+. The highest BCUT2D eigenvalue weighted by Crippen LogP contribution is 2.61. The van der Waals surface area contributed by atoms with Gasteiger partial charge in [-0.25, -0.2) is 0 Å². The number of unbranched alkanes of at least 4 members (excludes halogenated alkanes) is 1. The number of aryl methyl sites for hydroxylation is 5. The zero-order chi connectivity index (χ0) is 99.4. The largest absolute Gasteiger partial charge is 0.497 e. The fraction of sp³-hybridized carbons (Fsp3) is 0.203. The van der Waals surface area contributed by atoms with E-state index >= 15 is 0 Å². The first-order chi connectivity index (χ1) is 70.6. The lowest BCUT2D eigenvalue weighted by atomic mass is 9.73. The van der Waals surface area contributed by atoms with Crippen molar-refractivity contribution in [2.75, 3.05) is 114 Å². The van der Waals surface area contributed by atoms with Gasteiger partial charge in [0, 0.05) is 66.8 Å². The maximum absolute atomic E-state index is 6.32. The minimum Gasteiger partial charge on any atom is -0.497 e. The zero-order valence-electron chi connectivity index (χ0n) is 84.4. The van der Waals surface area contributed by atoms with Crippen LogP contribution in [0.2, 0.25) is 0 Å². The van der Waals surface area contributed by atoms with Crippen LogP contribution in [0.3, 0.4) is 0 Å². The second-order valence-corrected chi connectivity index (χ2v) is 36.8. The van der Waals surface area contributed by atoms with Gasteiger partial charge in [0.05, 0.1) is 114 Å². The van der Waals surface area contributed by atoms with Gasteiger partial charge in [-0.05, 0) is 318 Å². The lowest BCUT2D eigenvalue weighted by Gasteiger charge is -2.29. The van der Waals surface area contributed by atoms with Crippen molar-refractivity contribution in [1.29, 1.82) is 0 Å². The molecule has 0 saturated carbocycles. The molecule has 16 heteroatoms. The van der Waals surface area contributed by atoms with E-state index in [1.807, 2.05) is 158 Å². The summed E-state index contributed by atoms with van der Waals surface area (Å²) < 4.78 is 95.6. The first kappa shape index (κ1) is 93.8. The highest BCUT2D eigenvalue weighted by atomic mass is 16.5. The van der Waals surface area contributed by atoms with E-state index in [2.05, 4.69) is 122 Å². The Labute approximate surface area is 837 Å². The van der Waals surface area contributed by atoms with Crippen LogP contribution >= 0.6 is 0 Å². The van der Waals surface area contributed by atoms with Crippen LogP contribution in [-0.2, 0) is 32.1 Å². The topological polar surface area (TPSA) is 148 Å². The summed E-state index contributed by atoms with van der Waals surface area (Å²) in [5.74, 6) is 11.1. The normalized spacial score (nSPS) is 12.3. The molecule has 0 saturated heterocycles. The average molecular weight is 1910 g/mol. The molecule has 0 aliphatic rings. The van der Waals surface area contributed by atoms with E-state index < -0.39 is 0 Å². The van der Waals surface area contributed by atoms with Crippen molar-refractivity contribution < 1.29 is 75.8 Å². The Morgan fingerprint density at radius 3 is 0.549 bits per heavy atom. The predicted octanol–water partition coefficient (Wildman–Crippen LogP) is 31.0. The van der Waals surface area contributed by atoms with Crippen molar-refractivity contribution in [3.05, 3.63) is 295 Å². The number of hydrogen-bond donors (Lipinski definition) is 0. The highest BCUT2D eigenvalue weighted by molar-refractivity contribution is 6.61.